The third-order valence-electron chi connectivity index (χ3n) is 4.20. The van der Waals surface area contributed by atoms with E-state index in [0.29, 0.717) is 24.2 Å². The zero-order valence-electron chi connectivity index (χ0n) is 17.3. The van der Waals surface area contributed by atoms with Crippen molar-refractivity contribution in [2.75, 3.05) is 22.8 Å². The largest absolute Gasteiger partial charge is 0.593 e. The fraction of sp³-hybridized carbons (Fsp3) is 0.250. The first kappa shape index (κ1) is 24.5. The summed E-state index contributed by atoms with van der Waals surface area (Å²) in [5.74, 6) is -9.10. The summed E-state index contributed by atoms with van der Waals surface area (Å²) < 4.78 is 88.5. The second kappa shape index (κ2) is 10.2. The molecule has 0 saturated heterocycles. The molecule has 0 amide bonds. The van der Waals surface area contributed by atoms with Crippen LogP contribution in [0.15, 0.2) is 36.7 Å². The minimum atomic E-state index is -3.12. The predicted octanol–water partition coefficient (Wildman–Crippen LogP) is 4.91. The van der Waals surface area contributed by atoms with E-state index in [2.05, 4.69) is 20.3 Å². The molecule has 0 aliphatic carbocycles. The third-order valence-corrected chi connectivity index (χ3v) is 5.21. The molecule has 3 aromatic rings. The summed E-state index contributed by atoms with van der Waals surface area (Å²) in [6, 6.07) is 5.18. The van der Waals surface area contributed by atoms with E-state index < -0.39 is 58.3 Å². The third kappa shape index (κ3) is 6.20. The summed E-state index contributed by atoms with van der Waals surface area (Å²) in [5, 5.41) is 2.75. The average Bonchev–Trinajstić information content (AvgIpc) is 2.78. The molecule has 176 valence electrons. The van der Waals surface area contributed by atoms with Gasteiger partial charge in [-0.15, -0.1) is 0 Å². The molecule has 2 N–H and O–H groups in total. The lowest BCUT2D eigenvalue weighted by atomic mass is 10.2. The van der Waals surface area contributed by atoms with Crippen LogP contribution in [0, 0.1) is 17.5 Å². The Bertz CT molecular complexity index is 1130. The Kier molecular flexibility index (Phi) is 7.53. The molecule has 2 heterocycles. The number of nitrogens with zero attached hydrogens (tertiary/aromatic N) is 3. The smallest absolute Gasteiger partial charge is 0.250 e. The lowest BCUT2D eigenvalue weighted by molar-refractivity contribution is 0.0190. The number of hydrogen-bond acceptors (Lipinski definition) is 7. The number of rotatable bonds is 9. The lowest BCUT2D eigenvalue weighted by Gasteiger charge is -2.17. The maximum absolute atomic E-state index is 14.6. The van der Waals surface area contributed by atoms with Crippen molar-refractivity contribution in [1.82, 2.24) is 15.0 Å². The number of nitrogens with one attached hydrogen (secondary N) is 2. The van der Waals surface area contributed by atoms with Crippen LogP contribution < -0.4 is 14.8 Å². The van der Waals surface area contributed by atoms with Crippen molar-refractivity contribution in [1.29, 1.82) is 0 Å². The molecule has 2 aromatic heterocycles. The topological polar surface area (TPSA) is 95.0 Å². The number of hydrogen-bond donors (Lipinski definition) is 2. The molecule has 13 heteroatoms. The van der Waals surface area contributed by atoms with E-state index in [1.54, 1.807) is 19.2 Å². The second-order valence-corrected chi connectivity index (χ2v) is 8.11. The van der Waals surface area contributed by atoms with E-state index in [1.165, 1.54) is 18.5 Å². The van der Waals surface area contributed by atoms with Gasteiger partial charge in [-0.1, -0.05) is 0 Å². The summed E-state index contributed by atoms with van der Waals surface area (Å²) in [6.45, 7) is 0.615. The molecule has 0 spiro atoms. The number of ether oxygens (including phenoxy) is 1. The highest BCUT2D eigenvalue weighted by atomic mass is 32.2. The molecule has 0 aliphatic heterocycles. The summed E-state index contributed by atoms with van der Waals surface area (Å²) in [5.41, 5.74) is -0.422. The molecule has 0 aliphatic rings. The van der Waals surface area contributed by atoms with Crippen LogP contribution in [0.5, 0.6) is 11.6 Å². The van der Waals surface area contributed by atoms with E-state index in [0.717, 1.165) is 0 Å². The van der Waals surface area contributed by atoms with E-state index in [1.807, 2.05) is 4.72 Å². The van der Waals surface area contributed by atoms with Crippen LogP contribution in [0.1, 0.15) is 13.3 Å². The molecular weight excluding hydrogens is 469 g/mol. The van der Waals surface area contributed by atoms with Crippen LogP contribution in [-0.2, 0) is 11.4 Å². The van der Waals surface area contributed by atoms with Gasteiger partial charge in [0.1, 0.15) is 5.75 Å². The van der Waals surface area contributed by atoms with Gasteiger partial charge in [-0.25, -0.2) is 37.2 Å². The quantitative estimate of drug-likeness (QED) is 0.252. The van der Waals surface area contributed by atoms with Gasteiger partial charge >= 0.3 is 0 Å². The zero-order valence-corrected chi connectivity index (χ0v) is 18.2. The molecule has 1 atom stereocenters. The Morgan fingerprint density at radius 3 is 2.58 bits per heavy atom. The molecule has 1 aromatic carbocycles. The molecule has 1 unspecified atom stereocenters. The van der Waals surface area contributed by atoms with E-state index >= 15 is 0 Å². The van der Waals surface area contributed by atoms with Crippen LogP contribution in [0.25, 0.3) is 11.3 Å². The number of pyridine rings is 1. The standard InChI is InChI=1S/C20H18F5N5O2S/c1-20(24,25)6-9-33(31)30-17-12(21)10-14(15(22)16(17)23)32-18-11(4-3-7-27-18)13-5-8-28-19(26-2)29-13/h3-5,7-8,10,30H,6,9H2,1-2H3,(H,26,28,29). The van der Waals surface area contributed by atoms with Crippen molar-refractivity contribution in [2.45, 2.75) is 19.3 Å². The van der Waals surface area contributed by atoms with Crippen LogP contribution in [0.3, 0.4) is 0 Å². The molecule has 0 saturated carbocycles. The normalized spacial score (nSPS) is 12.4. The molecule has 0 bridgehead atoms. The number of aromatic nitrogens is 3. The highest BCUT2D eigenvalue weighted by molar-refractivity contribution is 7.92. The first-order valence-electron chi connectivity index (χ1n) is 9.43. The number of halogens is 5. The Labute approximate surface area is 188 Å². The molecule has 33 heavy (non-hydrogen) atoms. The predicted molar refractivity (Wildman–Crippen MR) is 113 cm³/mol. The van der Waals surface area contributed by atoms with E-state index in [-0.39, 0.29) is 11.8 Å². The maximum atomic E-state index is 14.6. The van der Waals surface area contributed by atoms with Gasteiger partial charge in [0.05, 0.1) is 29.0 Å². The maximum Gasteiger partial charge on any atom is 0.250 e. The van der Waals surface area contributed by atoms with Crippen molar-refractivity contribution in [3.05, 3.63) is 54.1 Å². The summed E-state index contributed by atoms with van der Waals surface area (Å²) in [7, 11) is 1.61. The minimum Gasteiger partial charge on any atom is -0.593 e. The van der Waals surface area contributed by atoms with Gasteiger partial charge in [-0.05, 0) is 25.1 Å². The highest BCUT2D eigenvalue weighted by Crippen LogP contribution is 2.35. The molecule has 7 nitrogen and oxygen atoms in total. The minimum absolute atomic E-state index is 0.189. The molecule has 3 rings (SSSR count). The number of anilines is 2. The average molecular weight is 487 g/mol. The van der Waals surface area contributed by atoms with Gasteiger partial charge in [-0.3, -0.25) is 0 Å². The van der Waals surface area contributed by atoms with Crippen molar-refractivity contribution in [3.8, 4) is 22.9 Å². The first-order valence-corrected chi connectivity index (χ1v) is 10.8. The highest BCUT2D eigenvalue weighted by Gasteiger charge is 2.28. The SMILES string of the molecule is CNc1nccc(-c2cccnc2Oc2cc(F)c(N[S+]([O-])CCC(C)(F)F)c(F)c2F)n1. The van der Waals surface area contributed by atoms with Crippen molar-refractivity contribution in [2.24, 2.45) is 0 Å². The zero-order chi connectivity index (χ0) is 24.2. The van der Waals surface area contributed by atoms with Crippen LogP contribution in [0.2, 0.25) is 0 Å². The Hall–Kier alpha value is -3.19. The van der Waals surface area contributed by atoms with Gasteiger partial charge in [0.25, 0.3) is 0 Å². The fourth-order valence-electron chi connectivity index (χ4n) is 2.58. The van der Waals surface area contributed by atoms with Crippen molar-refractivity contribution < 1.29 is 31.2 Å². The van der Waals surface area contributed by atoms with Gasteiger partial charge in [0.15, 0.2) is 23.1 Å². The molecule has 0 radical (unpaired) electrons. The number of benzene rings is 1. The Morgan fingerprint density at radius 1 is 1.12 bits per heavy atom. The van der Waals surface area contributed by atoms with E-state index in [4.69, 9.17) is 4.74 Å². The van der Waals surface area contributed by atoms with Crippen LogP contribution in [-0.4, -0.2) is 38.2 Å². The van der Waals surface area contributed by atoms with Gasteiger partial charge in [0, 0.05) is 25.5 Å². The van der Waals surface area contributed by atoms with Crippen LogP contribution >= 0.6 is 0 Å². The monoisotopic (exact) mass is 487 g/mol. The van der Waals surface area contributed by atoms with Gasteiger partial charge < -0.3 is 14.6 Å². The number of alkyl halides is 2. The second-order valence-electron chi connectivity index (χ2n) is 6.81. The van der Waals surface area contributed by atoms with Crippen LogP contribution in [0.4, 0.5) is 33.6 Å². The summed E-state index contributed by atoms with van der Waals surface area (Å²) in [4.78, 5) is 12.2. The van der Waals surface area contributed by atoms with Gasteiger partial charge in [0.2, 0.25) is 23.6 Å². The molecular formula is C20H18F5N5O2S. The van der Waals surface area contributed by atoms with Gasteiger partial charge in [-0.2, -0.15) is 4.39 Å². The van der Waals surface area contributed by atoms with E-state index in [9.17, 15) is 26.5 Å². The Morgan fingerprint density at radius 2 is 1.88 bits per heavy atom. The Balaban J connectivity index is 1.87. The van der Waals surface area contributed by atoms with Crippen molar-refractivity contribution in [3.63, 3.8) is 0 Å². The van der Waals surface area contributed by atoms with Crippen molar-refractivity contribution >= 4 is 23.0 Å². The fourth-order valence-corrected chi connectivity index (χ4v) is 3.64. The summed E-state index contributed by atoms with van der Waals surface area (Å²) >= 11 is -2.27. The lowest BCUT2D eigenvalue weighted by Crippen LogP contribution is -2.23. The molecule has 0 fully saturated rings. The summed E-state index contributed by atoms with van der Waals surface area (Å²) in [6.07, 6.45) is 1.99. The first-order chi connectivity index (χ1) is 15.6.